The number of aliphatic hydroxyl groups is 1. The van der Waals surface area contributed by atoms with Crippen LogP contribution >= 0.6 is 0 Å². The molecule has 1 rings (SSSR count). The maximum absolute atomic E-state index is 11.9. The van der Waals surface area contributed by atoms with Crippen LogP contribution in [-0.4, -0.2) is 54.3 Å². The number of nitrogens with two attached hydrogens (primary N) is 1. The summed E-state index contributed by atoms with van der Waals surface area (Å²) in [5.41, 5.74) is 6.73. The van der Waals surface area contributed by atoms with Crippen LogP contribution < -0.4 is 5.73 Å². The highest BCUT2D eigenvalue weighted by Gasteiger charge is 2.12. The molecule has 1 aromatic heterocycles. The molecule has 0 saturated heterocycles. The van der Waals surface area contributed by atoms with Gasteiger partial charge in [0, 0.05) is 26.3 Å². The van der Waals surface area contributed by atoms with Crippen molar-refractivity contribution in [2.24, 2.45) is 5.73 Å². The van der Waals surface area contributed by atoms with Gasteiger partial charge in [0.15, 0.2) is 0 Å². The summed E-state index contributed by atoms with van der Waals surface area (Å²) >= 11 is 0. The standard InChI is InChI=1S/C12H19N3O3/c1-15(4-6-18-7-5-16)12(17)11-3-2-10(8-13)9-14-11/h2-3,9,16H,4-8,13H2,1H3. The van der Waals surface area contributed by atoms with E-state index in [2.05, 4.69) is 4.98 Å². The fraction of sp³-hybridized carbons (Fsp3) is 0.500. The van der Waals surface area contributed by atoms with Gasteiger partial charge in [-0.2, -0.15) is 0 Å². The van der Waals surface area contributed by atoms with E-state index in [1.807, 2.05) is 0 Å². The zero-order valence-corrected chi connectivity index (χ0v) is 10.5. The van der Waals surface area contributed by atoms with Crippen molar-refractivity contribution in [3.8, 4) is 0 Å². The van der Waals surface area contributed by atoms with Gasteiger partial charge in [-0.05, 0) is 11.6 Å². The van der Waals surface area contributed by atoms with Gasteiger partial charge in [0.2, 0.25) is 0 Å². The molecule has 0 unspecified atom stereocenters. The van der Waals surface area contributed by atoms with Crippen LogP contribution in [-0.2, 0) is 11.3 Å². The number of amides is 1. The highest BCUT2D eigenvalue weighted by atomic mass is 16.5. The number of aromatic nitrogens is 1. The fourth-order valence-electron chi connectivity index (χ4n) is 1.34. The van der Waals surface area contributed by atoms with Crippen molar-refractivity contribution in [1.82, 2.24) is 9.88 Å². The van der Waals surface area contributed by atoms with Gasteiger partial charge in [-0.1, -0.05) is 6.07 Å². The Morgan fingerprint density at radius 3 is 2.83 bits per heavy atom. The van der Waals surface area contributed by atoms with Crippen LogP contribution in [0.3, 0.4) is 0 Å². The minimum atomic E-state index is -0.161. The summed E-state index contributed by atoms with van der Waals surface area (Å²) in [6, 6.07) is 3.45. The van der Waals surface area contributed by atoms with Crippen molar-refractivity contribution >= 4 is 5.91 Å². The zero-order chi connectivity index (χ0) is 13.4. The number of ether oxygens (including phenoxy) is 1. The SMILES string of the molecule is CN(CCOCCO)C(=O)c1ccc(CN)cn1. The third kappa shape index (κ3) is 4.40. The molecule has 0 aliphatic carbocycles. The Morgan fingerprint density at radius 1 is 1.50 bits per heavy atom. The van der Waals surface area contributed by atoms with Crippen molar-refractivity contribution in [2.45, 2.75) is 6.54 Å². The van der Waals surface area contributed by atoms with E-state index in [0.717, 1.165) is 5.56 Å². The quantitative estimate of drug-likeness (QED) is 0.647. The maximum atomic E-state index is 11.9. The Kier molecular flexibility index (Phi) is 6.27. The molecule has 0 aliphatic heterocycles. The lowest BCUT2D eigenvalue weighted by Crippen LogP contribution is -2.31. The van der Waals surface area contributed by atoms with Crippen LogP contribution in [0, 0.1) is 0 Å². The fourth-order valence-corrected chi connectivity index (χ4v) is 1.34. The highest BCUT2D eigenvalue weighted by molar-refractivity contribution is 5.92. The van der Waals surface area contributed by atoms with Gasteiger partial charge < -0.3 is 20.5 Å². The van der Waals surface area contributed by atoms with E-state index in [9.17, 15) is 4.79 Å². The molecule has 18 heavy (non-hydrogen) atoms. The third-order valence-electron chi connectivity index (χ3n) is 2.43. The molecule has 0 spiro atoms. The van der Waals surface area contributed by atoms with Crippen molar-refractivity contribution in [2.75, 3.05) is 33.4 Å². The second kappa shape index (κ2) is 7.75. The molecule has 1 amide bonds. The van der Waals surface area contributed by atoms with Crippen LogP contribution in [0.25, 0.3) is 0 Å². The van der Waals surface area contributed by atoms with E-state index in [4.69, 9.17) is 15.6 Å². The van der Waals surface area contributed by atoms with E-state index < -0.39 is 0 Å². The summed E-state index contributed by atoms with van der Waals surface area (Å²) in [5, 5.41) is 8.54. The van der Waals surface area contributed by atoms with E-state index in [0.29, 0.717) is 25.4 Å². The second-order valence-corrected chi connectivity index (χ2v) is 3.82. The Balaban J connectivity index is 2.46. The van der Waals surface area contributed by atoms with E-state index in [1.54, 1.807) is 25.4 Å². The zero-order valence-electron chi connectivity index (χ0n) is 10.5. The Bertz CT molecular complexity index is 367. The molecule has 0 atom stereocenters. The van der Waals surface area contributed by atoms with Crippen LogP contribution in [0.5, 0.6) is 0 Å². The number of hydrogen-bond acceptors (Lipinski definition) is 5. The van der Waals surface area contributed by atoms with Crippen molar-refractivity contribution in [3.63, 3.8) is 0 Å². The first-order chi connectivity index (χ1) is 8.69. The number of likely N-dealkylation sites (N-methyl/N-ethyl adjacent to an activating group) is 1. The molecule has 1 aromatic rings. The number of aliphatic hydroxyl groups excluding tert-OH is 1. The largest absolute Gasteiger partial charge is 0.394 e. The molecule has 0 radical (unpaired) electrons. The molecule has 0 aromatic carbocycles. The summed E-state index contributed by atoms with van der Waals surface area (Å²) < 4.78 is 5.10. The summed E-state index contributed by atoms with van der Waals surface area (Å²) in [6.07, 6.45) is 1.60. The molecular formula is C12H19N3O3. The van der Waals surface area contributed by atoms with Gasteiger partial charge in [-0.25, -0.2) is 0 Å². The number of carbonyl (C=O) groups excluding carboxylic acids is 1. The normalized spacial score (nSPS) is 10.4. The number of rotatable bonds is 7. The minimum Gasteiger partial charge on any atom is -0.394 e. The molecule has 6 nitrogen and oxygen atoms in total. The summed E-state index contributed by atoms with van der Waals surface area (Å²) in [4.78, 5) is 17.5. The molecule has 6 heteroatoms. The van der Waals surface area contributed by atoms with Crippen molar-refractivity contribution < 1.29 is 14.6 Å². The van der Waals surface area contributed by atoms with Crippen LogP contribution in [0.15, 0.2) is 18.3 Å². The number of carbonyl (C=O) groups is 1. The van der Waals surface area contributed by atoms with Crippen LogP contribution in [0.1, 0.15) is 16.1 Å². The average Bonchev–Trinajstić information content (AvgIpc) is 2.42. The topological polar surface area (TPSA) is 88.7 Å². The lowest BCUT2D eigenvalue weighted by atomic mass is 10.2. The molecule has 3 N–H and O–H groups in total. The molecule has 1 heterocycles. The second-order valence-electron chi connectivity index (χ2n) is 3.82. The van der Waals surface area contributed by atoms with Gasteiger partial charge in [0.25, 0.3) is 5.91 Å². The molecule has 0 fully saturated rings. The Morgan fingerprint density at radius 2 is 2.28 bits per heavy atom. The first kappa shape index (κ1) is 14.6. The lowest BCUT2D eigenvalue weighted by molar-refractivity contribution is 0.0614. The lowest BCUT2D eigenvalue weighted by Gasteiger charge is -2.16. The smallest absolute Gasteiger partial charge is 0.272 e. The molecule has 0 aliphatic rings. The van der Waals surface area contributed by atoms with Gasteiger partial charge in [-0.15, -0.1) is 0 Å². The molecule has 0 bridgehead atoms. The first-order valence-corrected chi connectivity index (χ1v) is 5.78. The van der Waals surface area contributed by atoms with Crippen LogP contribution in [0.2, 0.25) is 0 Å². The van der Waals surface area contributed by atoms with Crippen LogP contribution in [0.4, 0.5) is 0 Å². The molecule has 100 valence electrons. The minimum absolute atomic E-state index is 0.0141. The average molecular weight is 253 g/mol. The number of nitrogens with zero attached hydrogens (tertiary/aromatic N) is 2. The van der Waals surface area contributed by atoms with E-state index >= 15 is 0 Å². The summed E-state index contributed by atoms with van der Waals surface area (Å²) in [6.45, 7) is 1.53. The van der Waals surface area contributed by atoms with Crippen molar-refractivity contribution in [3.05, 3.63) is 29.6 Å². The monoisotopic (exact) mass is 253 g/mol. The Hall–Kier alpha value is -1.50. The maximum Gasteiger partial charge on any atom is 0.272 e. The van der Waals surface area contributed by atoms with Gasteiger partial charge in [0.1, 0.15) is 5.69 Å². The van der Waals surface area contributed by atoms with E-state index in [-0.39, 0.29) is 19.1 Å². The Labute approximate surface area is 106 Å². The van der Waals surface area contributed by atoms with Crippen molar-refractivity contribution in [1.29, 1.82) is 0 Å². The van der Waals surface area contributed by atoms with E-state index in [1.165, 1.54) is 4.90 Å². The predicted molar refractivity (Wildman–Crippen MR) is 67.0 cm³/mol. The number of hydrogen-bond donors (Lipinski definition) is 2. The molecular weight excluding hydrogens is 234 g/mol. The van der Waals surface area contributed by atoms with Gasteiger partial charge >= 0.3 is 0 Å². The molecule has 0 saturated carbocycles. The van der Waals surface area contributed by atoms with Gasteiger partial charge in [-0.3, -0.25) is 9.78 Å². The third-order valence-corrected chi connectivity index (χ3v) is 2.43. The highest BCUT2D eigenvalue weighted by Crippen LogP contribution is 2.02. The summed E-state index contributed by atoms with van der Waals surface area (Å²) in [7, 11) is 1.68. The number of pyridine rings is 1. The summed E-state index contributed by atoms with van der Waals surface area (Å²) in [5.74, 6) is -0.161. The first-order valence-electron chi connectivity index (χ1n) is 5.78. The predicted octanol–water partition coefficient (Wildman–Crippen LogP) is -0.379. The van der Waals surface area contributed by atoms with Gasteiger partial charge in [0.05, 0.1) is 19.8 Å².